The topological polar surface area (TPSA) is 86.8 Å². The largest absolute Gasteiger partial charge is 0.350 e. The van der Waals surface area contributed by atoms with Gasteiger partial charge in [-0.05, 0) is 77.4 Å². The van der Waals surface area contributed by atoms with Crippen LogP contribution in [0.4, 0.5) is 5.69 Å². The van der Waals surface area contributed by atoms with Crippen LogP contribution >= 0.6 is 23.2 Å². The van der Waals surface area contributed by atoms with Crippen LogP contribution in [0, 0.1) is 13.8 Å². The summed E-state index contributed by atoms with van der Waals surface area (Å²) in [4.78, 5) is 29.0. The molecule has 220 valence electrons. The van der Waals surface area contributed by atoms with Gasteiger partial charge in [0.25, 0.3) is 10.0 Å². The van der Waals surface area contributed by atoms with E-state index >= 15 is 0 Å². The number of hydrogen-bond donors (Lipinski definition) is 1. The zero-order valence-electron chi connectivity index (χ0n) is 24.2. The first-order valence-corrected chi connectivity index (χ1v) is 15.5. The third-order valence-electron chi connectivity index (χ3n) is 6.48. The molecule has 3 aromatic rings. The molecule has 0 aliphatic heterocycles. The van der Waals surface area contributed by atoms with E-state index in [1.807, 2.05) is 34.6 Å². The van der Waals surface area contributed by atoms with Crippen molar-refractivity contribution in [3.05, 3.63) is 93.5 Å². The Morgan fingerprint density at radius 1 is 0.878 bits per heavy atom. The standard InChI is InChI=1S/C31H37Cl2N3O4S/c1-7-28(30(38)34-31(4,5)6)35(19-25-26(32)9-8-10-27(25)33)29(37)20-36(23-15-11-21(2)12-16-23)41(39,40)24-17-13-22(3)14-18-24/h8-18,28H,7,19-20H2,1-6H3,(H,34,38)/t28-/m1/s1. The van der Waals surface area contributed by atoms with Crippen molar-refractivity contribution in [2.75, 3.05) is 10.8 Å². The Bertz CT molecular complexity index is 1460. The van der Waals surface area contributed by atoms with E-state index in [9.17, 15) is 18.0 Å². The lowest BCUT2D eigenvalue weighted by molar-refractivity contribution is -0.141. The summed E-state index contributed by atoms with van der Waals surface area (Å²) in [7, 11) is -4.15. The Labute approximate surface area is 253 Å². The van der Waals surface area contributed by atoms with E-state index in [2.05, 4.69) is 5.32 Å². The van der Waals surface area contributed by atoms with Crippen LogP contribution in [0.3, 0.4) is 0 Å². The van der Waals surface area contributed by atoms with E-state index in [-0.39, 0.29) is 23.8 Å². The molecule has 0 saturated carbocycles. The van der Waals surface area contributed by atoms with Crippen LogP contribution in [0.25, 0.3) is 0 Å². The Morgan fingerprint density at radius 2 is 1.39 bits per heavy atom. The van der Waals surface area contributed by atoms with Gasteiger partial charge in [-0.15, -0.1) is 0 Å². The zero-order valence-corrected chi connectivity index (χ0v) is 26.6. The highest BCUT2D eigenvalue weighted by molar-refractivity contribution is 7.92. The molecule has 7 nitrogen and oxygen atoms in total. The number of hydrogen-bond acceptors (Lipinski definition) is 4. The van der Waals surface area contributed by atoms with Crippen molar-refractivity contribution in [1.29, 1.82) is 0 Å². The second-order valence-electron chi connectivity index (χ2n) is 11.0. The Hall–Kier alpha value is -3.07. The minimum atomic E-state index is -4.15. The number of benzene rings is 3. The number of aryl methyl sites for hydroxylation is 2. The summed E-state index contributed by atoms with van der Waals surface area (Å²) < 4.78 is 29.0. The minimum Gasteiger partial charge on any atom is -0.350 e. The molecule has 1 atom stereocenters. The van der Waals surface area contributed by atoms with E-state index in [4.69, 9.17) is 23.2 Å². The number of carbonyl (C=O) groups is 2. The van der Waals surface area contributed by atoms with Crippen LogP contribution in [0.1, 0.15) is 50.8 Å². The van der Waals surface area contributed by atoms with Crippen molar-refractivity contribution in [1.82, 2.24) is 10.2 Å². The van der Waals surface area contributed by atoms with Crippen molar-refractivity contribution in [2.45, 2.75) is 71.0 Å². The molecule has 1 N–H and O–H groups in total. The van der Waals surface area contributed by atoms with Crippen molar-refractivity contribution in [2.24, 2.45) is 0 Å². The molecule has 0 radical (unpaired) electrons. The lowest BCUT2D eigenvalue weighted by Crippen LogP contribution is -2.55. The summed E-state index contributed by atoms with van der Waals surface area (Å²) >= 11 is 12.9. The maximum Gasteiger partial charge on any atom is 0.264 e. The highest BCUT2D eigenvalue weighted by atomic mass is 35.5. The predicted octanol–water partition coefficient (Wildman–Crippen LogP) is 6.53. The van der Waals surface area contributed by atoms with E-state index in [1.54, 1.807) is 61.5 Å². The molecule has 0 aliphatic carbocycles. The first-order chi connectivity index (χ1) is 19.1. The molecule has 0 unspecified atom stereocenters. The predicted molar refractivity (Wildman–Crippen MR) is 166 cm³/mol. The summed E-state index contributed by atoms with van der Waals surface area (Å²) in [5.74, 6) is -0.937. The quantitative estimate of drug-likeness (QED) is 0.280. The van der Waals surface area contributed by atoms with Crippen molar-refractivity contribution < 1.29 is 18.0 Å². The fourth-order valence-corrected chi connectivity index (χ4v) is 6.23. The van der Waals surface area contributed by atoms with Gasteiger partial charge in [0.2, 0.25) is 11.8 Å². The van der Waals surface area contributed by atoms with Gasteiger partial charge in [-0.3, -0.25) is 13.9 Å². The Morgan fingerprint density at radius 3 is 1.88 bits per heavy atom. The molecule has 0 bridgehead atoms. The molecule has 0 aromatic heterocycles. The Balaban J connectivity index is 2.11. The third-order valence-corrected chi connectivity index (χ3v) is 8.98. The van der Waals surface area contributed by atoms with Crippen LogP contribution in [-0.4, -0.2) is 43.3 Å². The number of halogens is 2. The van der Waals surface area contributed by atoms with Crippen LogP contribution in [0.5, 0.6) is 0 Å². The van der Waals surface area contributed by atoms with E-state index in [1.165, 1.54) is 17.0 Å². The number of carbonyl (C=O) groups excluding carboxylic acids is 2. The molecular weight excluding hydrogens is 581 g/mol. The van der Waals surface area contributed by atoms with Gasteiger partial charge in [0, 0.05) is 27.7 Å². The number of sulfonamides is 1. The van der Waals surface area contributed by atoms with Crippen molar-refractivity contribution in [3.8, 4) is 0 Å². The second kappa shape index (κ2) is 13.3. The van der Waals surface area contributed by atoms with Gasteiger partial charge in [-0.25, -0.2) is 8.42 Å². The van der Waals surface area contributed by atoms with Crippen molar-refractivity contribution in [3.63, 3.8) is 0 Å². The number of nitrogens with zero attached hydrogens (tertiary/aromatic N) is 2. The molecule has 10 heteroatoms. The number of rotatable bonds is 10. The number of anilines is 1. The van der Waals surface area contributed by atoms with Crippen LogP contribution in [0.15, 0.2) is 71.6 Å². The molecule has 3 aromatic carbocycles. The van der Waals surface area contributed by atoms with Crippen LogP contribution < -0.4 is 9.62 Å². The number of amides is 2. The molecular formula is C31H37Cl2N3O4S. The first-order valence-electron chi connectivity index (χ1n) is 13.3. The van der Waals surface area contributed by atoms with Gasteiger partial charge in [-0.2, -0.15) is 0 Å². The molecule has 0 saturated heterocycles. The molecule has 2 amide bonds. The van der Waals surface area contributed by atoms with E-state index in [0.29, 0.717) is 21.3 Å². The third kappa shape index (κ3) is 8.24. The van der Waals surface area contributed by atoms with E-state index < -0.39 is 34.1 Å². The molecule has 0 spiro atoms. The van der Waals surface area contributed by atoms with Gasteiger partial charge in [0.15, 0.2) is 0 Å². The molecule has 0 aliphatic rings. The van der Waals surface area contributed by atoms with Gasteiger partial charge in [-0.1, -0.05) is 71.6 Å². The zero-order chi connectivity index (χ0) is 30.5. The van der Waals surface area contributed by atoms with Gasteiger partial charge >= 0.3 is 0 Å². The first kappa shape index (κ1) is 32.4. The molecule has 0 heterocycles. The normalized spacial score (nSPS) is 12.5. The van der Waals surface area contributed by atoms with Crippen LogP contribution in [0.2, 0.25) is 10.0 Å². The minimum absolute atomic E-state index is 0.0506. The maximum absolute atomic E-state index is 14.2. The number of nitrogens with one attached hydrogen (secondary N) is 1. The molecule has 41 heavy (non-hydrogen) atoms. The summed E-state index contributed by atoms with van der Waals surface area (Å²) in [6, 6.07) is 17.4. The monoisotopic (exact) mass is 617 g/mol. The fraction of sp³-hybridized carbons (Fsp3) is 0.355. The highest BCUT2D eigenvalue weighted by Crippen LogP contribution is 2.29. The molecule has 0 fully saturated rings. The van der Waals surface area contributed by atoms with Gasteiger partial charge < -0.3 is 10.2 Å². The summed E-state index contributed by atoms with van der Waals surface area (Å²) in [6.07, 6.45) is 0.283. The lowest BCUT2D eigenvalue weighted by Gasteiger charge is -2.35. The summed E-state index contributed by atoms with van der Waals surface area (Å²) in [6.45, 7) is 10.5. The SMILES string of the molecule is CC[C@H](C(=O)NC(C)(C)C)N(Cc1c(Cl)cccc1Cl)C(=O)CN(c1ccc(C)cc1)S(=O)(=O)c1ccc(C)cc1. The average Bonchev–Trinajstić information content (AvgIpc) is 2.88. The van der Waals surface area contributed by atoms with Gasteiger partial charge in [0.1, 0.15) is 12.6 Å². The average molecular weight is 619 g/mol. The fourth-order valence-electron chi connectivity index (χ4n) is 4.30. The smallest absolute Gasteiger partial charge is 0.264 e. The lowest BCUT2D eigenvalue weighted by atomic mass is 10.1. The summed E-state index contributed by atoms with van der Waals surface area (Å²) in [5, 5.41) is 3.62. The second-order valence-corrected chi connectivity index (χ2v) is 13.7. The maximum atomic E-state index is 14.2. The highest BCUT2D eigenvalue weighted by Gasteiger charge is 2.35. The van der Waals surface area contributed by atoms with Crippen molar-refractivity contribution >= 4 is 50.7 Å². The van der Waals surface area contributed by atoms with E-state index in [0.717, 1.165) is 15.4 Å². The van der Waals surface area contributed by atoms with Gasteiger partial charge in [0.05, 0.1) is 10.6 Å². The summed E-state index contributed by atoms with van der Waals surface area (Å²) in [5.41, 5.74) is 2.08. The molecule has 3 rings (SSSR count). The van der Waals surface area contributed by atoms with Crippen LogP contribution in [-0.2, 0) is 26.2 Å². The Kier molecular flexibility index (Phi) is 10.5.